The van der Waals surface area contributed by atoms with Crippen LogP contribution in [0.5, 0.6) is 5.75 Å². The molecule has 4 rings (SSSR count). The molecular weight excluding hydrogens is 334 g/mol. The quantitative estimate of drug-likeness (QED) is 0.614. The van der Waals surface area contributed by atoms with E-state index in [9.17, 15) is 0 Å². The van der Waals surface area contributed by atoms with Gasteiger partial charge in [0.05, 0.1) is 6.07 Å². The summed E-state index contributed by atoms with van der Waals surface area (Å²) < 4.78 is 6.20. The van der Waals surface area contributed by atoms with Crippen molar-refractivity contribution in [2.75, 3.05) is 19.6 Å². The fourth-order valence-corrected chi connectivity index (χ4v) is 4.03. The first kappa shape index (κ1) is 17.6. The monoisotopic (exact) mass is 359 g/mol. The molecule has 1 aromatic heterocycles. The number of aromatic nitrogens is 1. The first-order valence-electron chi connectivity index (χ1n) is 9.71. The zero-order valence-electron chi connectivity index (χ0n) is 15.5. The minimum Gasteiger partial charge on any atom is -0.488 e. The lowest BCUT2D eigenvalue weighted by Gasteiger charge is -2.15. The number of nitrogens with one attached hydrogen (secondary N) is 1. The Bertz CT molecular complexity index is 926. The minimum absolute atomic E-state index is 0.516. The maximum atomic E-state index is 8.74. The summed E-state index contributed by atoms with van der Waals surface area (Å²) in [6.45, 7) is 3.76. The summed E-state index contributed by atoms with van der Waals surface area (Å²) in [6, 6.07) is 18.8. The summed E-state index contributed by atoms with van der Waals surface area (Å²) in [5.41, 5.74) is 3.67. The van der Waals surface area contributed by atoms with E-state index in [1.807, 2.05) is 24.3 Å². The Hall–Kier alpha value is -2.77. The summed E-state index contributed by atoms with van der Waals surface area (Å²) in [7, 11) is 0. The summed E-state index contributed by atoms with van der Waals surface area (Å²) in [6.07, 6.45) is 4.92. The molecule has 1 N–H and O–H groups in total. The molecule has 0 aliphatic carbocycles. The normalized spacial score (nSPS) is 17.2. The number of nitrogens with zero attached hydrogens (tertiary/aromatic N) is 2. The van der Waals surface area contributed by atoms with Gasteiger partial charge in [0.15, 0.2) is 0 Å². The van der Waals surface area contributed by atoms with E-state index in [-0.39, 0.29) is 0 Å². The molecule has 1 aliphatic rings. The lowest BCUT2D eigenvalue weighted by molar-refractivity contribution is 0.309. The largest absolute Gasteiger partial charge is 0.488 e. The van der Waals surface area contributed by atoms with Crippen LogP contribution in [0.3, 0.4) is 0 Å². The van der Waals surface area contributed by atoms with E-state index in [2.05, 4.69) is 46.4 Å². The third-order valence-electron chi connectivity index (χ3n) is 5.41. The van der Waals surface area contributed by atoms with Crippen LogP contribution in [0.25, 0.3) is 10.9 Å². The van der Waals surface area contributed by atoms with Gasteiger partial charge in [-0.15, -0.1) is 0 Å². The summed E-state index contributed by atoms with van der Waals surface area (Å²) >= 11 is 0. The van der Waals surface area contributed by atoms with Gasteiger partial charge in [-0.25, -0.2) is 0 Å². The van der Waals surface area contributed by atoms with Crippen molar-refractivity contribution in [2.24, 2.45) is 0 Å². The van der Waals surface area contributed by atoms with Gasteiger partial charge in [0.1, 0.15) is 12.4 Å². The van der Waals surface area contributed by atoms with Gasteiger partial charge in [-0.05, 0) is 49.2 Å². The molecule has 1 unspecified atom stereocenters. The number of H-pyrrole nitrogens is 1. The number of hydrogen-bond donors (Lipinski definition) is 1. The molecule has 0 amide bonds. The number of unbranched alkanes of at least 4 members (excludes halogenated alkanes) is 1. The molecule has 0 saturated carbocycles. The highest BCUT2D eigenvalue weighted by Gasteiger charge is 2.26. The van der Waals surface area contributed by atoms with E-state index >= 15 is 0 Å². The number of likely N-dealkylation sites (tertiary alicyclic amines) is 1. The van der Waals surface area contributed by atoms with E-state index in [1.54, 1.807) is 0 Å². The highest BCUT2D eigenvalue weighted by molar-refractivity contribution is 5.89. The second-order valence-electron chi connectivity index (χ2n) is 7.24. The van der Waals surface area contributed by atoms with Crippen molar-refractivity contribution in [3.8, 4) is 11.8 Å². The van der Waals surface area contributed by atoms with Crippen molar-refractivity contribution in [2.45, 2.75) is 31.8 Å². The van der Waals surface area contributed by atoms with Gasteiger partial charge in [-0.2, -0.15) is 5.26 Å². The molecule has 1 aliphatic heterocycles. The maximum absolute atomic E-state index is 8.74. The molecule has 0 radical (unpaired) electrons. The van der Waals surface area contributed by atoms with Crippen LogP contribution in [0.1, 0.15) is 36.3 Å². The number of aromatic amines is 1. The molecule has 27 heavy (non-hydrogen) atoms. The van der Waals surface area contributed by atoms with Crippen LogP contribution in [-0.2, 0) is 6.61 Å². The van der Waals surface area contributed by atoms with Gasteiger partial charge in [-0.3, -0.25) is 0 Å². The van der Waals surface area contributed by atoms with Crippen LogP contribution in [0, 0.1) is 11.3 Å². The van der Waals surface area contributed by atoms with Gasteiger partial charge in [0, 0.05) is 36.0 Å². The number of fused-ring (bicyclic) bond motifs is 1. The van der Waals surface area contributed by atoms with E-state index < -0.39 is 0 Å². The Morgan fingerprint density at radius 3 is 2.89 bits per heavy atom. The average molecular weight is 359 g/mol. The molecule has 1 atom stereocenters. The standard InChI is InChI=1S/C23H25N3O/c24-12-4-5-13-26-14-11-19(16-26)20-15-25-21-9-6-10-22(23(20)21)27-17-18-7-2-1-3-8-18/h1-3,6-10,15,19,25H,4-5,11,13-14,16-17H2. The van der Waals surface area contributed by atoms with E-state index in [0.29, 0.717) is 18.9 Å². The van der Waals surface area contributed by atoms with Crippen LogP contribution in [-0.4, -0.2) is 29.5 Å². The highest BCUT2D eigenvalue weighted by Crippen LogP contribution is 2.37. The number of benzene rings is 2. The third kappa shape index (κ3) is 3.99. The van der Waals surface area contributed by atoms with Crippen LogP contribution in [0.4, 0.5) is 0 Å². The number of hydrogen-bond acceptors (Lipinski definition) is 3. The Balaban J connectivity index is 1.51. The Labute approximate surface area is 160 Å². The molecule has 4 heteroatoms. The lowest BCUT2D eigenvalue weighted by Crippen LogP contribution is -2.21. The number of ether oxygens (including phenoxy) is 1. The average Bonchev–Trinajstić information content (AvgIpc) is 3.34. The second-order valence-corrected chi connectivity index (χ2v) is 7.24. The van der Waals surface area contributed by atoms with E-state index in [1.165, 1.54) is 16.5 Å². The highest BCUT2D eigenvalue weighted by atomic mass is 16.5. The topological polar surface area (TPSA) is 52.0 Å². The van der Waals surface area contributed by atoms with Crippen molar-refractivity contribution in [1.82, 2.24) is 9.88 Å². The van der Waals surface area contributed by atoms with Gasteiger partial charge < -0.3 is 14.6 Å². The van der Waals surface area contributed by atoms with Crippen molar-refractivity contribution in [1.29, 1.82) is 5.26 Å². The van der Waals surface area contributed by atoms with Gasteiger partial charge in [0.2, 0.25) is 0 Å². The molecule has 0 bridgehead atoms. The molecule has 2 heterocycles. The zero-order valence-corrected chi connectivity index (χ0v) is 15.5. The Morgan fingerprint density at radius 1 is 1.15 bits per heavy atom. The van der Waals surface area contributed by atoms with Gasteiger partial charge in [-0.1, -0.05) is 36.4 Å². The molecule has 1 saturated heterocycles. The fourth-order valence-electron chi connectivity index (χ4n) is 4.03. The minimum atomic E-state index is 0.516. The molecule has 1 fully saturated rings. The second kappa shape index (κ2) is 8.28. The summed E-state index contributed by atoms with van der Waals surface area (Å²) in [5, 5.41) is 9.96. The molecule has 3 aromatic rings. The summed E-state index contributed by atoms with van der Waals surface area (Å²) in [4.78, 5) is 5.91. The Kier molecular flexibility index (Phi) is 5.41. The number of nitriles is 1. The van der Waals surface area contributed by atoms with Crippen LogP contribution in [0.2, 0.25) is 0 Å². The van der Waals surface area contributed by atoms with E-state index in [4.69, 9.17) is 10.00 Å². The van der Waals surface area contributed by atoms with Crippen molar-refractivity contribution < 1.29 is 4.74 Å². The molecule has 138 valence electrons. The number of rotatable bonds is 7. The predicted molar refractivity (Wildman–Crippen MR) is 108 cm³/mol. The first-order valence-corrected chi connectivity index (χ1v) is 9.71. The van der Waals surface area contributed by atoms with Crippen LogP contribution in [0.15, 0.2) is 54.7 Å². The smallest absolute Gasteiger partial charge is 0.129 e. The van der Waals surface area contributed by atoms with Crippen LogP contribution >= 0.6 is 0 Å². The fraction of sp³-hybridized carbons (Fsp3) is 0.348. The maximum Gasteiger partial charge on any atom is 0.129 e. The SMILES string of the molecule is N#CCCCN1CCC(c2c[nH]c3cccc(OCc4ccccc4)c23)C1. The van der Waals surface area contributed by atoms with Crippen LogP contribution < -0.4 is 4.74 Å². The van der Waals surface area contributed by atoms with Crippen molar-refractivity contribution in [3.63, 3.8) is 0 Å². The van der Waals surface area contributed by atoms with E-state index in [0.717, 1.165) is 43.7 Å². The molecule has 4 nitrogen and oxygen atoms in total. The predicted octanol–water partition coefficient (Wildman–Crippen LogP) is 4.84. The molecule has 0 spiro atoms. The summed E-state index contributed by atoms with van der Waals surface area (Å²) in [5.74, 6) is 1.47. The Morgan fingerprint density at radius 2 is 2.04 bits per heavy atom. The zero-order chi connectivity index (χ0) is 18.5. The van der Waals surface area contributed by atoms with Crippen molar-refractivity contribution in [3.05, 3.63) is 65.9 Å². The molecule has 2 aromatic carbocycles. The van der Waals surface area contributed by atoms with Gasteiger partial charge in [0.25, 0.3) is 0 Å². The molecular formula is C23H25N3O. The third-order valence-corrected chi connectivity index (χ3v) is 5.41. The van der Waals surface area contributed by atoms with Crippen molar-refractivity contribution >= 4 is 10.9 Å². The lowest BCUT2D eigenvalue weighted by atomic mass is 9.97. The first-order chi connectivity index (χ1) is 13.3. The van der Waals surface area contributed by atoms with Gasteiger partial charge >= 0.3 is 0 Å².